The number of methoxy groups -OCH3 is 1. The first kappa shape index (κ1) is 23.9. The van der Waals surface area contributed by atoms with Gasteiger partial charge in [-0.25, -0.2) is 4.98 Å². The second kappa shape index (κ2) is 13.0. The van der Waals surface area contributed by atoms with E-state index >= 15 is 0 Å². The molecule has 1 saturated heterocycles. The van der Waals surface area contributed by atoms with Crippen LogP contribution in [0.5, 0.6) is 0 Å². The fourth-order valence-electron chi connectivity index (χ4n) is 3.58. The molecule has 9 nitrogen and oxygen atoms in total. The summed E-state index contributed by atoms with van der Waals surface area (Å²) in [5.74, 6) is 1.50. The summed E-state index contributed by atoms with van der Waals surface area (Å²) in [5, 5.41) is 6.74. The Morgan fingerprint density at radius 3 is 2.80 bits per heavy atom. The lowest BCUT2D eigenvalue weighted by molar-refractivity contribution is -0.122. The van der Waals surface area contributed by atoms with Gasteiger partial charge >= 0.3 is 0 Å². The first-order valence-corrected chi connectivity index (χ1v) is 10.6. The number of carbonyl (C=O) groups is 1. The summed E-state index contributed by atoms with van der Waals surface area (Å²) in [6, 6.07) is 4.02. The van der Waals surface area contributed by atoms with Crippen molar-refractivity contribution in [2.24, 2.45) is 16.6 Å². The van der Waals surface area contributed by atoms with Gasteiger partial charge in [0.15, 0.2) is 5.96 Å². The normalized spacial score (nSPS) is 15.5. The summed E-state index contributed by atoms with van der Waals surface area (Å²) in [6.07, 6.45) is 4.39. The first-order valence-electron chi connectivity index (χ1n) is 10.6. The van der Waals surface area contributed by atoms with Gasteiger partial charge in [-0.2, -0.15) is 0 Å². The van der Waals surface area contributed by atoms with Crippen LogP contribution in [-0.4, -0.2) is 82.3 Å². The van der Waals surface area contributed by atoms with Crippen LogP contribution in [0, 0.1) is 5.92 Å². The number of nitrogens with zero attached hydrogens (tertiary/aromatic N) is 4. The van der Waals surface area contributed by atoms with E-state index in [1.165, 1.54) is 0 Å². The molecule has 0 aliphatic carbocycles. The Balaban J connectivity index is 1.81. The van der Waals surface area contributed by atoms with E-state index in [2.05, 4.69) is 43.5 Å². The molecule has 2 heterocycles. The van der Waals surface area contributed by atoms with E-state index in [1.807, 2.05) is 12.3 Å². The van der Waals surface area contributed by atoms with Crippen LogP contribution < -0.4 is 21.3 Å². The highest BCUT2D eigenvalue weighted by Crippen LogP contribution is 2.24. The molecule has 0 saturated carbocycles. The minimum absolute atomic E-state index is 0.0257. The lowest BCUT2D eigenvalue weighted by Gasteiger charge is -2.32. The lowest BCUT2D eigenvalue weighted by Crippen LogP contribution is -2.42. The van der Waals surface area contributed by atoms with Crippen LogP contribution in [0.4, 0.5) is 5.82 Å². The van der Waals surface area contributed by atoms with Crippen LogP contribution in [0.2, 0.25) is 0 Å². The summed E-state index contributed by atoms with van der Waals surface area (Å²) in [4.78, 5) is 24.8. The predicted octanol–water partition coefficient (Wildman–Crippen LogP) is 0.417. The van der Waals surface area contributed by atoms with E-state index in [9.17, 15) is 4.79 Å². The van der Waals surface area contributed by atoms with E-state index in [-0.39, 0.29) is 11.8 Å². The molecule has 1 fully saturated rings. The molecule has 2 rings (SSSR count). The SMILES string of the molecule is CN=C(NCCN(C)CCCOC)NCc1cccnc1N1CCC(C(N)=O)CC1. The van der Waals surface area contributed by atoms with Crippen molar-refractivity contribution in [1.82, 2.24) is 20.5 Å². The summed E-state index contributed by atoms with van der Waals surface area (Å²) < 4.78 is 5.09. The van der Waals surface area contributed by atoms with Gasteiger partial charge in [-0.05, 0) is 32.4 Å². The van der Waals surface area contributed by atoms with Crippen molar-refractivity contribution in [3.63, 3.8) is 0 Å². The molecule has 1 aromatic heterocycles. The van der Waals surface area contributed by atoms with Gasteiger partial charge in [-0.3, -0.25) is 9.79 Å². The maximum Gasteiger partial charge on any atom is 0.220 e. The van der Waals surface area contributed by atoms with Crippen LogP contribution in [0.3, 0.4) is 0 Å². The molecular weight excluding hydrogens is 382 g/mol. The number of piperidine rings is 1. The number of aromatic nitrogens is 1. The number of nitrogens with one attached hydrogen (secondary N) is 2. The van der Waals surface area contributed by atoms with Crippen LogP contribution in [0.15, 0.2) is 23.3 Å². The molecule has 1 aliphatic rings. The van der Waals surface area contributed by atoms with Crippen molar-refractivity contribution in [2.45, 2.75) is 25.8 Å². The largest absolute Gasteiger partial charge is 0.385 e. The molecule has 168 valence electrons. The van der Waals surface area contributed by atoms with Gasteiger partial charge in [-0.15, -0.1) is 0 Å². The average molecular weight is 420 g/mol. The average Bonchev–Trinajstić information content (AvgIpc) is 2.76. The minimum atomic E-state index is -0.197. The molecule has 0 radical (unpaired) electrons. The number of ether oxygens (including phenoxy) is 1. The van der Waals surface area contributed by atoms with E-state index in [0.29, 0.717) is 6.54 Å². The Labute approximate surface area is 180 Å². The molecule has 0 aromatic carbocycles. The quantitative estimate of drug-likeness (QED) is 0.271. The van der Waals surface area contributed by atoms with E-state index < -0.39 is 0 Å². The monoisotopic (exact) mass is 419 g/mol. The summed E-state index contributed by atoms with van der Waals surface area (Å²) in [6.45, 7) is 5.74. The van der Waals surface area contributed by atoms with E-state index in [1.54, 1.807) is 14.2 Å². The maximum atomic E-state index is 11.4. The Bertz CT molecular complexity index is 675. The van der Waals surface area contributed by atoms with Crippen molar-refractivity contribution in [2.75, 3.05) is 65.4 Å². The number of nitrogens with two attached hydrogens (primary N) is 1. The van der Waals surface area contributed by atoms with Crippen LogP contribution in [-0.2, 0) is 16.1 Å². The Kier molecular flexibility index (Phi) is 10.4. The molecule has 1 aliphatic heterocycles. The number of guanidine groups is 1. The number of rotatable bonds is 11. The molecule has 9 heteroatoms. The van der Waals surface area contributed by atoms with Crippen molar-refractivity contribution in [3.05, 3.63) is 23.9 Å². The predicted molar refractivity (Wildman–Crippen MR) is 121 cm³/mol. The van der Waals surface area contributed by atoms with Crippen LogP contribution in [0.25, 0.3) is 0 Å². The number of primary amides is 1. The zero-order valence-electron chi connectivity index (χ0n) is 18.6. The summed E-state index contributed by atoms with van der Waals surface area (Å²) in [7, 11) is 5.61. The molecule has 0 atom stereocenters. The summed E-state index contributed by atoms with van der Waals surface area (Å²) in [5.41, 5.74) is 6.56. The Morgan fingerprint density at radius 2 is 2.13 bits per heavy atom. The third-order valence-corrected chi connectivity index (χ3v) is 5.41. The zero-order valence-corrected chi connectivity index (χ0v) is 18.6. The van der Waals surface area contributed by atoms with Crippen LogP contribution >= 0.6 is 0 Å². The molecule has 30 heavy (non-hydrogen) atoms. The molecule has 1 aromatic rings. The zero-order chi connectivity index (χ0) is 21.8. The van der Waals surface area contributed by atoms with Gasteiger partial charge < -0.3 is 30.9 Å². The highest BCUT2D eigenvalue weighted by atomic mass is 16.5. The highest BCUT2D eigenvalue weighted by molar-refractivity contribution is 5.79. The number of hydrogen-bond donors (Lipinski definition) is 3. The van der Waals surface area contributed by atoms with Gasteiger partial charge in [0.25, 0.3) is 0 Å². The van der Waals surface area contributed by atoms with E-state index in [0.717, 1.165) is 75.9 Å². The number of anilines is 1. The van der Waals surface area contributed by atoms with E-state index in [4.69, 9.17) is 10.5 Å². The number of pyridine rings is 1. The number of amides is 1. The first-order chi connectivity index (χ1) is 14.5. The second-order valence-electron chi connectivity index (χ2n) is 7.65. The lowest BCUT2D eigenvalue weighted by atomic mass is 9.96. The van der Waals surface area contributed by atoms with Crippen LogP contribution in [0.1, 0.15) is 24.8 Å². The van der Waals surface area contributed by atoms with Gasteiger partial charge in [0.05, 0.1) is 0 Å². The van der Waals surface area contributed by atoms with Gasteiger partial charge in [0.2, 0.25) is 5.91 Å². The topological polar surface area (TPSA) is 108 Å². The molecule has 0 spiro atoms. The van der Waals surface area contributed by atoms with Gasteiger partial charge in [0, 0.05) is 77.7 Å². The van der Waals surface area contributed by atoms with Gasteiger partial charge in [-0.1, -0.05) is 6.07 Å². The fraction of sp³-hybridized carbons (Fsp3) is 0.667. The highest BCUT2D eigenvalue weighted by Gasteiger charge is 2.24. The van der Waals surface area contributed by atoms with Crippen molar-refractivity contribution >= 4 is 17.7 Å². The standard InChI is InChI=1S/C21H37N7O2/c1-23-21(25-10-14-27(2)11-5-15-30-3)26-16-18-6-4-9-24-20(18)28-12-7-17(8-13-28)19(22)29/h4,6,9,17H,5,7-8,10-16H2,1-3H3,(H2,22,29)(H2,23,25,26). The van der Waals surface area contributed by atoms with Crippen molar-refractivity contribution in [1.29, 1.82) is 0 Å². The number of aliphatic imine (C=N–C) groups is 1. The molecule has 0 unspecified atom stereocenters. The molecular formula is C21H37N7O2. The number of hydrogen-bond acceptors (Lipinski definition) is 6. The smallest absolute Gasteiger partial charge is 0.220 e. The molecule has 1 amide bonds. The molecule has 4 N–H and O–H groups in total. The second-order valence-corrected chi connectivity index (χ2v) is 7.65. The fourth-order valence-corrected chi connectivity index (χ4v) is 3.58. The molecule has 0 bridgehead atoms. The minimum Gasteiger partial charge on any atom is -0.385 e. The Hall–Kier alpha value is -2.39. The van der Waals surface area contributed by atoms with Gasteiger partial charge in [0.1, 0.15) is 5.82 Å². The van der Waals surface area contributed by atoms with Crippen molar-refractivity contribution < 1.29 is 9.53 Å². The summed E-state index contributed by atoms with van der Waals surface area (Å²) >= 11 is 0. The third-order valence-electron chi connectivity index (χ3n) is 5.41. The number of likely N-dealkylation sites (N-methyl/N-ethyl adjacent to an activating group) is 1. The number of carbonyl (C=O) groups excluding carboxylic acids is 1. The van der Waals surface area contributed by atoms with Crippen molar-refractivity contribution in [3.8, 4) is 0 Å². The Morgan fingerprint density at radius 1 is 1.37 bits per heavy atom. The third kappa shape index (κ3) is 7.79. The maximum absolute atomic E-state index is 11.4.